The molecule has 0 heterocycles. The molecule has 4 N–H and O–H groups in total. The third kappa shape index (κ3) is 7.55. The van der Waals surface area contributed by atoms with Crippen molar-refractivity contribution in [3.8, 4) is 0 Å². The first-order valence-electron chi connectivity index (χ1n) is 8.77. The second-order valence-corrected chi connectivity index (χ2v) is 7.02. The molecule has 0 aliphatic rings. The molecule has 0 aliphatic heterocycles. The summed E-state index contributed by atoms with van der Waals surface area (Å²) in [5, 5.41) is 5.18. The summed E-state index contributed by atoms with van der Waals surface area (Å²) < 4.78 is 5.15. The van der Waals surface area contributed by atoms with Crippen LogP contribution < -0.4 is 16.4 Å². The van der Waals surface area contributed by atoms with Crippen molar-refractivity contribution >= 4 is 17.9 Å². The Labute approximate surface area is 154 Å². The Hall–Kier alpha value is -2.57. The van der Waals surface area contributed by atoms with Crippen molar-refractivity contribution in [2.45, 2.75) is 52.8 Å². The summed E-state index contributed by atoms with van der Waals surface area (Å²) in [5.41, 5.74) is 6.20. The molecule has 0 saturated heterocycles. The molecule has 2 atom stereocenters. The molecule has 0 unspecified atom stereocenters. The highest BCUT2D eigenvalue weighted by Gasteiger charge is 2.28. The fourth-order valence-corrected chi connectivity index (χ4v) is 2.41. The average Bonchev–Trinajstić information content (AvgIpc) is 2.57. The molecular formula is C19H29N3O4. The minimum absolute atomic E-state index is 0.108. The Kier molecular flexibility index (Phi) is 8.61. The number of carbonyl (C=O) groups excluding carboxylic acids is 3. The molecule has 1 aromatic rings. The van der Waals surface area contributed by atoms with Crippen LogP contribution in [0.2, 0.25) is 0 Å². The summed E-state index contributed by atoms with van der Waals surface area (Å²) >= 11 is 0. The van der Waals surface area contributed by atoms with Crippen molar-refractivity contribution in [1.82, 2.24) is 10.6 Å². The van der Waals surface area contributed by atoms with Gasteiger partial charge in [0.25, 0.3) is 0 Å². The standard InChI is InChI=1S/C19H29N3O4/c1-12(2)10-15(17(20)23)21-18(24)16(13(3)4)22-19(25)26-11-14-8-6-5-7-9-14/h5-9,12-13,15-16H,10-11H2,1-4H3,(H2,20,23)(H,21,24)(H,22,25)/t15-,16-/m0/s1. The SMILES string of the molecule is CC(C)C[C@H](NC(=O)[C@@H](NC(=O)OCc1ccccc1)C(C)C)C(N)=O. The maximum atomic E-state index is 12.5. The third-order valence-electron chi connectivity index (χ3n) is 3.80. The second kappa shape index (κ2) is 10.4. The zero-order valence-corrected chi connectivity index (χ0v) is 15.8. The van der Waals surface area contributed by atoms with Gasteiger partial charge in [-0.15, -0.1) is 0 Å². The van der Waals surface area contributed by atoms with Crippen LogP contribution in [0.4, 0.5) is 4.79 Å². The van der Waals surface area contributed by atoms with Gasteiger partial charge >= 0.3 is 6.09 Å². The van der Waals surface area contributed by atoms with Crippen molar-refractivity contribution in [2.75, 3.05) is 0 Å². The van der Waals surface area contributed by atoms with Gasteiger partial charge in [-0.3, -0.25) is 9.59 Å². The topological polar surface area (TPSA) is 111 Å². The molecule has 0 radical (unpaired) electrons. The fourth-order valence-electron chi connectivity index (χ4n) is 2.41. The van der Waals surface area contributed by atoms with E-state index >= 15 is 0 Å². The number of primary amides is 1. The van der Waals surface area contributed by atoms with Crippen LogP contribution in [0.3, 0.4) is 0 Å². The first-order valence-corrected chi connectivity index (χ1v) is 8.77. The van der Waals surface area contributed by atoms with Gasteiger partial charge < -0.3 is 21.1 Å². The molecule has 1 rings (SSSR count). The van der Waals surface area contributed by atoms with E-state index in [0.717, 1.165) is 5.56 Å². The molecule has 1 aromatic carbocycles. The molecule has 0 fully saturated rings. The Balaban J connectivity index is 2.64. The van der Waals surface area contributed by atoms with Crippen molar-refractivity contribution in [2.24, 2.45) is 17.6 Å². The quantitative estimate of drug-likeness (QED) is 0.623. The van der Waals surface area contributed by atoms with E-state index in [0.29, 0.717) is 6.42 Å². The molecule has 3 amide bonds. The largest absolute Gasteiger partial charge is 0.445 e. The summed E-state index contributed by atoms with van der Waals surface area (Å²) in [6.07, 6.45) is -0.258. The average molecular weight is 363 g/mol. The predicted molar refractivity (Wildman–Crippen MR) is 99.0 cm³/mol. The number of alkyl carbamates (subject to hydrolysis) is 1. The van der Waals surface area contributed by atoms with Gasteiger partial charge in [-0.1, -0.05) is 58.0 Å². The van der Waals surface area contributed by atoms with Crippen molar-refractivity contribution < 1.29 is 19.1 Å². The normalized spacial score (nSPS) is 13.2. The maximum absolute atomic E-state index is 12.5. The Morgan fingerprint density at radius 1 is 1.04 bits per heavy atom. The van der Waals surface area contributed by atoms with Gasteiger partial charge in [0.15, 0.2) is 0 Å². The molecule has 0 saturated carbocycles. The van der Waals surface area contributed by atoms with Gasteiger partial charge in [-0.2, -0.15) is 0 Å². The van der Waals surface area contributed by atoms with E-state index in [1.165, 1.54) is 0 Å². The Morgan fingerprint density at radius 3 is 2.15 bits per heavy atom. The molecule has 7 heteroatoms. The van der Waals surface area contributed by atoms with Crippen LogP contribution in [0.25, 0.3) is 0 Å². The molecule has 7 nitrogen and oxygen atoms in total. The van der Waals surface area contributed by atoms with Crippen molar-refractivity contribution in [1.29, 1.82) is 0 Å². The van der Waals surface area contributed by atoms with Gasteiger partial charge in [-0.05, 0) is 23.8 Å². The minimum atomic E-state index is -0.827. The smallest absolute Gasteiger partial charge is 0.408 e. The van der Waals surface area contributed by atoms with Crippen LogP contribution in [0.15, 0.2) is 30.3 Å². The number of benzene rings is 1. The summed E-state index contributed by atoms with van der Waals surface area (Å²) in [6.45, 7) is 7.56. The maximum Gasteiger partial charge on any atom is 0.408 e. The molecule has 0 bridgehead atoms. The van der Waals surface area contributed by atoms with Crippen LogP contribution in [0.5, 0.6) is 0 Å². The second-order valence-electron chi connectivity index (χ2n) is 7.02. The van der Waals surface area contributed by atoms with E-state index in [1.54, 1.807) is 13.8 Å². The first kappa shape index (κ1) is 21.5. The predicted octanol–water partition coefficient (Wildman–Crippen LogP) is 1.95. The number of nitrogens with two attached hydrogens (primary N) is 1. The number of carbonyl (C=O) groups is 3. The number of amides is 3. The highest BCUT2D eigenvalue weighted by molar-refractivity contribution is 5.90. The number of rotatable bonds is 9. The number of hydrogen-bond acceptors (Lipinski definition) is 4. The first-order chi connectivity index (χ1) is 12.2. The van der Waals surface area contributed by atoms with Crippen molar-refractivity contribution in [3.05, 3.63) is 35.9 Å². The molecule has 0 aliphatic carbocycles. The van der Waals surface area contributed by atoms with Crippen LogP contribution in [-0.4, -0.2) is 30.0 Å². The van der Waals surface area contributed by atoms with Crippen LogP contribution in [0.1, 0.15) is 39.7 Å². The fraction of sp³-hybridized carbons (Fsp3) is 0.526. The van der Waals surface area contributed by atoms with Gasteiger partial charge in [0.2, 0.25) is 11.8 Å². The lowest BCUT2D eigenvalue weighted by Crippen LogP contribution is -2.55. The molecule has 26 heavy (non-hydrogen) atoms. The lowest BCUT2D eigenvalue weighted by molar-refractivity contribution is -0.129. The lowest BCUT2D eigenvalue weighted by atomic mass is 10.0. The number of hydrogen-bond donors (Lipinski definition) is 3. The summed E-state index contributed by atoms with van der Waals surface area (Å²) in [4.78, 5) is 36.1. The third-order valence-corrected chi connectivity index (χ3v) is 3.80. The van der Waals surface area contributed by atoms with Crippen molar-refractivity contribution in [3.63, 3.8) is 0 Å². The van der Waals surface area contributed by atoms with Crippen LogP contribution >= 0.6 is 0 Å². The number of ether oxygens (including phenoxy) is 1. The monoisotopic (exact) mass is 363 g/mol. The van der Waals surface area contributed by atoms with E-state index in [9.17, 15) is 14.4 Å². The summed E-state index contributed by atoms with van der Waals surface area (Å²) in [5.74, 6) is -1.05. The van der Waals surface area contributed by atoms with Gasteiger partial charge in [-0.25, -0.2) is 4.79 Å². The highest BCUT2D eigenvalue weighted by atomic mass is 16.5. The van der Waals surface area contributed by atoms with Gasteiger partial charge in [0.1, 0.15) is 18.7 Å². The Morgan fingerprint density at radius 2 is 1.65 bits per heavy atom. The zero-order valence-electron chi connectivity index (χ0n) is 15.8. The van der Waals surface area contributed by atoms with E-state index < -0.39 is 30.0 Å². The van der Waals surface area contributed by atoms with E-state index in [2.05, 4.69) is 10.6 Å². The van der Waals surface area contributed by atoms with E-state index in [-0.39, 0.29) is 18.4 Å². The Bertz CT molecular complexity index is 602. The summed E-state index contributed by atoms with van der Waals surface area (Å²) in [7, 11) is 0. The number of nitrogens with one attached hydrogen (secondary N) is 2. The molecular weight excluding hydrogens is 334 g/mol. The molecule has 0 spiro atoms. The van der Waals surface area contributed by atoms with E-state index in [1.807, 2.05) is 44.2 Å². The van der Waals surface area contributed by atoms with Crippen LogP contribution in [0, 0.1) is 11.8 Å². The zero-order chi connectivity index (χ0) is 19.7. The molecule has 144 valence electrons. The summed E-state index contributed by atoms with van der Waals surface area (Å²) in [6, 6.07) is 7.64. The van der Waals surface area contributed by atoms with Crippen LogP contribution in [-0.2, 0) is 20.9 Å². The van der Waals surface area contributed by atoms with E-state index in [4.69, 9.17) is 10.5 Å². The minimum Gasteiger partial charge on any atom is -0.445 e. The highest BCUT2D eigenvalue weighted by Crippen LogP contribution is 2.08. The van der Waals surface area contributed by atoms with Gasteiger partial charge in [0, 0.05) is 0 Å². The van der Waals surface area contributed by atoms with Gasteiger partial charge in [0.05, 0.1) is 0 Å². The lowest BCUT2D eigenvalue weighted by Gasteiger charge is -2.24. The molecule has 0 aromatic heterocycles.